The summed E-state index contributed by atoms with van der Waals surface area (Å²) < 4.78 is 77.3. The van der Waals surface area contributed by atoms with Gasteiger partial charge in [-0.1, -0.05) is 11.3 Å². The molecular weight excluding hydrogens is 344 g/mol. The maximum absolute atomic E-state index is 13.1. The Morgan fingerprint density at radius 1 is 0.913 bits per heavy atom. The van der Waals surface area contributed by atoms with E-state index in [-0.39, 0.29) is 15.9 Å². The van der Waals surface area contributed by atoms with E-state index in [1.807, 2.05) is 0 Å². The van der Waals surface area contributed by atoms with Gasteiger partial charge in [0.25, 0.3) is 0 Å². The predicted octanol–water partition coefficient (Wildman–Crippen LogP) is 4.72. The molecule has 2 aromatic heterocycles. The van der Waals surface area contributed by atoms with Crippen molar-refractivity contribution in [2.75, 3.05) is 18.0 Å². The van der Waals surface area contributed by atoms with Gasteiger partial charge in [-0.25, -0.2) is 4.98 Å². The summed E-state index contributed by atoms with van der Waals surface area (Å²) in [6.07, 6.45) is -7.08. The molecule has 2 aromatic rings. The average molecular weight is 355 g/mol. The molecule has 0 N–H and O–H groups in total. The Kier molecular flexibility index (Phi) is 3.89. The topological polar surface area (TPSA) is 29.0 Å². The first-order valence-electron chi connectivity index (χ1n) is 6.87. The molecule has 10 heteroatoms. The molecule has 1 saturated heterocycles. The summed E-state index contributed by atoms with van der Waals surface area (Å²) in [6, 6.07) is 0.0560. The standard InChI is InChI=1S/C13H11F6N3S/c14-12(15,16)7-6-8(13(17,18)19)20-10-9(7)23-11(21-10)22-4-2-1-3-5-22/h6H,1-5H2. The third kappa shape index (κ3) is 3.22. The summed E-state index contributed by atoms with van der Waals surface area (Å²) in [5, 5.41) is 0.289. The zero-order valence-corrected chi connectivity index (χ0v) is 12.4. The number of aromatic nitrogens is 2. The number of pyridine rings is 1. The molecule has 126 valence electrons. The van der Waals surface area contributed by atoms with E-state index >= 15 is 0 Å². The Bertz CT molecular complexity index is 715. The highest BCUT2D eigenvalue weighted by Crippen LogP contribution is 2.42. The van der Waals surface area contributed by atoms with E-state index < -0.39 is 29.3 Å². The monoisotopic (exact) mass is 355 g/mol. The molecule has 1 aliphatic heterocycles. The fraction of sp³-hybridized carbons (Fsp3) is 0.538. The summed E-state index contributed by atoms with van der Waals surface area (Å²) in [5.41, 5.74) is -3.42. The molecule has 1 fully saturated rings. The number of anilines is 1. The second-order valence-electron chi connectivity index (χ2n) is 5.25. The maximum atomic E-state index is 13.1. The van der Waals surface area contributed by atoms with Crippen molar-refractivity contribution in [1.82, 2.24) is 9.97 Å². The fourth-order valence-corrected chi connectivity index (χ4v) is 3.57. The van der Waals surface area contributed by atoms with E-state index in [4.69, 9.17) is 0 Å². The van der Waals surface area contributed by atoms with Crippen LogP contribution in [0.1, 0.15) is 30.5 Å². The molecule has 0 atom stereocenters. The quantitative estimate of drug-likeness (QED) is 0.693. The molecular formula is C13H11F6N3S. The van der Waals surface area contributed by atoms with E-state index in [1.165, 1.54) is 0 Å². The molecule has 0 saturated carbocycles. The second-order valence-corrected chi connectivity index (χ2v) is 6.22. The van der Waals surface area contributed by atoms with Gasteiger partial charge in [-0.2, -0.15) is 31.3 Å². The number of alkyl halides is 6. The molecule has 0 aromatic carbocycles. The Morgan fingerprint density at radius 3 is 2.13 bits per heavy atom. The molecule has 3 nitrogen and oxygen atoms in total. The van der Waals surface area contributed by atoms with Crippen LogP contribution in [0, 0.1) is 0 Å². The van der Waals surface area contributed by atoms with E-state index in [0.717, 1.165) is 30.6 Å². The van der Waals surface area contributed by atoms with Gasteiger partial charge in [0.05, 0.1) is 10.3 Å². The van der Waals surface area contributed by atoms with Crippen LogP contribution in [-0.2, 0) is 12.4 Å². The van der Waals surface area contributed by atoms with E-state index in [9.17, 15) is 26.3 Å². The number of rotatable bonds is 1. The van der Waals surface area contributed by atoms with E-state index in [2.05, 4.69) is 9.97 Å². The van der Waals surface area contributed by atoms with Crippen molar-refractivity contribution < 1.29 is 26.3 Å². The number of piperidine rings is 1. The number of hydrogen-bond donors (Lipinski definition) is 0. The van der Waals surface area contributed by atoms with Crippen LogP contribution in [0.5, 0.6) is 0 Å². The molecule has 3 heterocycles. The molecule has 23 heavy (non-hydrogen) atoms. The van der Waals surface area contributed by atoms with E-state index in [0.29, 0.717) is 13.1 Å². The Morgan fingerprint density at radius 2 is 1.57 bits per heavy atom. The highest BCUT2D eigenvalue weighted by Gasteiger charge is 2.40. The largest absolute Gasteiger partial charge is 0.433 e. The van der Waals surface area contributed by atoms with Gasteiger partial charge in [0.15, 0.2) is 10.8 Å². The summed E-state index contributed by atoms with van der Waals surface area (Å²) >= 11 is 0.742. The van der Waals surface area contributed by atoms with Crippen LogP contribution in [0.3, 0.4) is 0 Å². The van der Waals surface area contributed by atoms with Gasteiger partial charge in [-0.3, -0.25) is 0 Å². The first kappa shape index (κ1) is 16.3. The lowest BCUT2D eigenvalue weighted by molar-refractivity contribution is -0.144. The maximum Gasteiger partial charge on any atom is 0.433 e. The van der Waals surface area contributed by atoms with E-state index in [1.54, 1.807) is 4.90 Å². The molecule has 0 bridgehead atoms. The highest BCUT2D eigenvalue weighted by atomic mass is 32.1. The molecule has 0 spiro atoms. The van der Waals surface area contributed by atoms with Gasteiger partial charge in [-0.05, 0) is 25.3 Å². The molecule has 0 unspecified atom stereocenters. The van der Waals surface area contributed by atoms with Crippen molar-refractivity contribution in [2.24, 2.45) is 0 Å². The minimum absolute atomic E-state index is 0.0560. The first-order valence-corrected chi connectivity index (χ1v) is 7.69. The van der Waals surface area contributed by atoms with Crippen LogP contribution in [-0.4, -0.2) is 23.1 Å². The van der Waals surface area contributed by atoms with Gasteiger partial charge in [0.1, 0.15) is 5.69 Å². The minimum Gasteiger partial charge on any atom is -0.348 e. The normalized spacial score (nSPS) is 17.0. The van der Waals surface area contributed by atoms with Crippen molar-refractivity contribution in [2.45, 2.75) is 31.6 Å². The second kappa shape index (κ2) is 5.50. The number of nitrogens with zero attached hydrogens (tertiary/aromatic N) is 3. The van der Waals surface area contributed by atoms with Crippen LogP contribution in [0.2, 0.25) is 0 Å². The van der Waals surface area contributed by atoms with Gasteiger partial charge < -0.3 is 4.90 Å². The fourth-order valence-electron chi connectivity index (χ4n) is 2.48. The number of halogens is 6. The van der Waals surface area contributed by atoms with Gasteiger partial charge in [0.2, 0.25) is 0 Å². The van der Waals surface area contributed by atoms with Crippen LogP contribution >= 0.6 is 11.3 Å². The lowest BCUT2D eigenvalue weighted by atomic mass is 10.1. The van der Waals surface area contributed by atoms with Crippen molar-refractivity contribution in [3.8, 4) is 0 Å². The van der Waals surface area contributed by atoms with Crippen LogP contribution in [0.15, 0.2) is 6.07 Å². The number of thiazole rings is 1. The van der Waals surface area contributed by atoms with Crippen molar-refractivity contribution in [1.29, 1.82) is 0 Å². The van der Waals surface area contributed by atoms with Crippen LogP contribution in [0.4, 0.5) is 31.5 Å². The van der Waals surface area contributed by atoms with Crippen molar-refractivity contribution >= 4 is 26.8 Å². The number of fused-ring (bicyclic) bond motifs is 1. The smallest absolute Gasteiger partial charge is 0.348 e. The summed E-state index contributed by atoms with van der Waals surface area (Å²) in [7, 11) is 0. The third-order valence-corrected chi connectivity index (χ3v) is 4.71. The van der Waals surface area contributed by atoms with Gasteiger partial charge >= 0.3 is 12.4 Å². The van der Waals surface area contributed by atoms with Gasteiger partial charge in [0, 0.05) is 13.1 Å². The van der Waals surface area contributed by atoms with Crippen LogP contribution < -0.4 is 4.90 Å². The zero-order valence-electron chi connectivity index (χ0n) is 11.6. The Balaban J connectivity index is 2.15. The summed E-state index contributed by atoms with van der Waals surface area (Å²) in [5.74, 6) is 0. The van der Waals surface area contributed by atoms with Crippen molar-refractivity contribution in [3.63, 3.8) is 0 Å². The highest BCUT2D eigenvalue weighted by molar-refractivity contribution is 7.22. The Labute approximate surface area is 130 Å². The first-order chi connectivity index (χ1) is 10.7. The lowest BCUT2D eigenvalue weighted by Crippen LogP contribution is -2.29. The molecule has 3 rings (SSSR count). The zero-order chi connectivity index (χ0) is 16.8. The summed E-state index contributed by atoms with van der Waals surface area (Å²) in [6.45, 7) is 1.26. The lowest BCUT2D eigenvalue weighted by Gasteiger charge is -2.25. The summed E-state index contributed by atoms with van der Waals surface area (Å²) in [4.78, 5) is 9.00. The molecule has 1 aliphatic rings. The molecule has 0 radical (unpaired) electrons. The number of hydrogen-bond acceptors (Lipinski definition) is 4. The molecule has 0 aliphatic carbocycles. The van der Waals surface area contributed by atoms with Crippen molar-refractivity contribution in [3.05, 3.63) is 17.3 Å². The predicted molar refractivity (Wildman–Crippen MR) is 73.5 cm³/mol. The van der Waals surface area contributed by atoms with Crippen LogP contribution in [0.25, 0.3) is 10.3 Å². The third-order valence-electron chi connectivity index (χ3n) is 3.57. The molecule has 0 amide bonds. The minimum atomic E-state index is -4.96. The SMILES string of the molecule is FC(F)(F)c1cc(C(F)(F)F)c2sc(N3CCCCC3)nc2n1. The van der Waals surface area contributed by atoms with Gasteiger partial charge in [-0.15, -0.1) is 0 Å². The Hall–Kier alpha value is -1.58. The average Bonchev–Trinajstić information content (AvgIpc) is 2.89.